The molecule has 6 nitrogen and oxygen atoms in total. The molecule has 1 fully saturated rings. The lowest BCUT2D eigenvalue weighted by Gasteiger charge is -2.31. The number of nitrogens with two attached hydrogens (primary N) is 1. The number of nitrogens with one attached hydrogen (secondary N) is 1. The van der Waals surface area contributed by atoms with Crippen molar-refractivity contribution in [3.8, 4) is 5.75 Å². The van der Waals surface area contributed by atoms with Gasteiger partial charge in [-0.1, -0.05) is 38.2 Å². The Morgan fingerprint density at radius 2 is 2.12 bits per heavy atom. The third kappa shape index (κ3) is 3.94. The zero-order valence-electron chi connectivity index (χ0n) is 15.8. The Bertz CT molecular complexity index is 670. The van der Waals surface area contributed by atoms with Gasteiger partial charge in [-0.3, -0.25) is 9.69 Å². The number of rotatable bonds is 7. The first-order chi connectivity index (χ1) is 12.5. The lowest BCUT2D eigenvalue weighted by Crippen LogP contribution is -2.47. The molecule has 1 amide bonds. The molecule has 6 heteroatoms. The van der Waals surface area contributed by atoms with Gasteiger partial charge >= 0.3 is 0 Å². The van der Waals surface area contributed by atoms with Crippen LogP contribution in [-0.4, -0.2) is 42.5 Å². The molecule has 142 valence electrons. The number of aliphatic imine (C=N–C) groups is 1. The number of nitrogens with zero attached hydrogens (tertiary/aromatic N) is 2. The van der Waals surface area contributed by atoms with E-state index in [1.165, 1.54) is 24.2 Å². The van der Waals surface area contributed by atoms with E-state index >= 15 is 0 Å². The van der Waals surface area contributed by atoms with Crippen LogP contribution in [0.15, 0.2) is 29.3 Å². The lowest BCUT2D eigenvalue weighted by molar-refractivity contribution is -0.132. The summed E-state index contributed by atoms with van der Waals surface area (Å²) >= 11 is 0. The number of hydrogen-bond acceptors (Lipinski definition) is 5. The van der Waals surface area contributed by atoms with Crippen LogP contribution in [0.2, 0.25) is 0 Å². The van der Waals surface area contributed by atoms with E-state index in [2.05, 4.69) is 17.2 Å². The summed E-state index contributed by atoms with van der Waals surface area (Å²) in [6.45, 7) is 3.12. The van der Waals surface area contributed by atoms with Crippen molar-refractivity contribution in [1.29, 1.82) is 0 Å². The van der Waals surface area contributed by atoms with E-state index in [1.807, 2.05) is 24.3 Å². The van der Waals surface area contributed by atoms with Crippen molar-refractivity contribution >= 4 is 17.6 Å². The van der Waals surface area contributed by atoms with Gasteiger partial charge in [-0.05, 0) is 31.4 Å². The monoisotopic (exact) mass is 358 g/mol. The highest BCUT2D eigenvalue weighted by Gasteiger charge is 2.48. The van der Waals surface area contributed by atoms with E-state index < -0.39 is 5.54 Å². The molecule has 0 bridgehead atoms. The van der Waals surface area contributed by atoms with E-state index in [9.17, 15) is 4.79 Å². The Labute approximate surface area is 155 Å². The zero-order valence-corrected chi connectivity index (χ0v) is 15.8. The summed E-state index contributed by atoms with van der Waals surface area (Å²) in [5.41, 5.74) is 6.08. The molecule has 3 N–H and O–H groups in total. The van der Waals surface area contributed by atoms with Gasteiger partial charge in [-0.25, -0.2) is 4.99 Å². The van der Waals surface area contributed by atoms with Crippen LogP contribution in [-0.2, 0) is 4.79 Å². The first-order valence-corrected chi connectivity index (χ1v) is 9.64. The van der Waals surface area contributed by atoms with E-state index in [0.717, 1.165) is 30.8 Å². The van der Waals surface area contributed by atoms with Gasteiger partial charge < -0.3 is 15.8 Å². The molecule has 1 aromatic carbocycles. The third-order valence-corrected chi connectivity index (χ3v) is 5.42. The average Bonchev–Trinajstić information content (AvgIpc) is 2.86. The normalized spacial score (nSPS) is 23.8. The summed E-state index contributed by atoms with van der Waals surface area (Å²) in [6.07, 6.45) is 6.78. The van der Waals surface area contributed by atoms with Crippen molar-refractivity contribution in [2.75, 3.05) is 25.5 Å². The summed E-state index contributed by atoms with van der Waals surface area (Å²) < 4.78 is 6.04. The number of anilines is 1. The minimum atomic E-state index is -0.894. The average molecular weight is 358 g/mol. The Balaban J connectivity index is 1.76. The molecule has 1 unspecified atom stereocenters. The first kappa shape index (κ1) is 18.5. The molecule has 0 spiro atoms. The minimum absolute atomic E-state index is 0.0524. The van der Waals surface area contributed by atoms with Gasteiger partial charge in [-0.15, -0.1) is 0 Å². The number of hydrogen-bond donors (Lipinski definition) is 2. The van der Waals surface area contributed by atoms with Gasteiger partial charge in [-0.2, -0.15) is 0 Å². The Morgan fingerprint density at radius 1 is 1.35 bits per heavy atom. The molecule has 1 aromatic rings. The molecule has 2 aliphatic rings. The van der Waals surface area contributed by atoms with Crippen LogP contribution < -0.4 is 15.8 Å². The third-order valence-electron chi connectivity index (χ3n) is 5.42. The molecule has 0 radical (unpaired) electrons. The predicted molar refractivity (Wildman–Crippen MR) is 104 cm³/mol. The fraction of sp³-hybridized carbons (Fsp3) is 0.600. The van der Waals surface area contributed by atoms with Crippen molar-refractivity contribution in [1.82, 2.24) is 4.90 Å². The van der Waals surface area contributed by atoms with Crippen LogP contribution in [0.5, 0.6) is 5.75 Å². The first-order valence-electron chi connectivity index (χ1n) is 9.64. The van der Waals surface area contributed by atoms with Crippen molar-refractivity contribution in [2.24, 2.45) is 16.6 Å². The van der Waals surface area contributed by atoms with Gasteiger partial charge in [0.2, 0.25) is 0 Å². The van der Waals surface area contributed by atoms with E-state index in [1.54, 1.807) is 7.05 Å². The number of benzene rings is 1. The highest BCUT2D eigenvalue weighted by molar-refractivity contribution is 6.06. The molecule has 26 heavy (non-hydrogen) atoms. The highest BCUT2D eigenvalue weighted by Crippen LogP contribution is 2.36. The fourth-order valence-corrected chi connectivity index (χ4v) is 4.02. The van der Waals surface area contributed by atoms with E-state index in [4.69, 9.17) is 10.5 Å². The Hall–Kier alpha value is -2.24. The van der Waals surface area contributed by atoms with Gasteiger partial charge in [0.05, 0.1) is 0 Å². The standard InChI is InChI=1S/C20H30N4O2/c1-3-22-16-10-7-11-17(12-16)26-14-20(13-15-8-5-4-6-9-15)18(25)24(2)19(21)23-20/h7,10-12,15,22H,3-6,8-9,13-14H2,1-2H3,(H2,21,23). The summed E-state index contributed by atoms with van der Waals surface area (Å²) in [6, 6.07) is 7.81. The molecule has 0 saturated heterocycles. The van der Waals surface area contributed by atoms with Gasteiger partial charge in [0.15, 0.2) is 11.5 Å². The molecule has 1 saturated carbocycles. The molecular weight excluding hydrogens is 328 g/mol. The van der Waals surface area contributed by atoms with Gasteiger partial charge in [0.1, 0.15) is 12.4 Å². The van der Waals surface area contributed by atoms with E-state index in [0.29, 0.717) is 12.3 Å². The number of carbonyl (C=O) groups excluding carboxylic acids is 1. The summed E-state index contributed by atoms with van der Waals surface area (Å²) in [4.78, 5) is 19.0. The second kappa shape index (κ2) is 7.98. The maximum absolute atomic E-state index is 12.9. The SMILES string of the molecule is CCNc1cccc(OCC2(CC3CCCCC3)N=C(N)N(C)C2=O)c1. The minimum Gasteiger partial charge on any atom is -0.490 e. The molecule has 3 rings (SSSR count). The Morgan fingerprint density at radius 3 is 2.77 bits per heavy atom. The van der Waals surface area contributed by atoms with Gasteiger partial charge in [0.25, 0.3) is 5.91 Å². The fourth-order valence-electron chi connectivity index (χ4n) is 4.02. The largest absolute Gasteiger partial charge is 0.490 e. The van der Waals surface area contributed by atoms with Crippen molar-refractivity contribution < 1.29 is 9.53 Å². The van der Waals surface area contributed by atoms with Crippen LogP contribution in [0.3, 0.4) is 0 Å². The second-order valence-corrected chi connectivity index (χ2v) is 7.42. The number of amides is 1. The summed E-state index contributed by atoms with van der Waals surface area (Å²) in [7, 11) is 1.69. The van der Waals surface area contributed by atoms with Crippen LogP contribution in [0.4, 0.5) is 5.69 Å². The quantitative estimate of drug-likeness (QED) is 0.785. The van der Waals surface area contributed by atoms with Crippen molar-refractivity contribution in [3.05, 3.63) is 24.3 Å². The topological polar surface area (TPSA) is 80.0 Å². The second-order valence-electron chi connectivity index (χ2n) is 7.42. The number of carbonyl (C=O) groups is 1. The molecule has 1 aliphatic carbocycles. The molecular formula is C20H30N4O2. The number of guanidine groups is 1. The number of likely N-dealkylation sites (N-methyl/N-ethyl adjacent to an activating group) is 1. The van der Waals surface area contributed by atoms with Crippen molar-refractivity contribution in [3.63, 3.8) is 0 Å². The molecule has 1 aliphatic heterocycles. The molecule has 1 heterocycles. The van der Waals surface area contributed by atoms with Crippen LogP contribution in [0, 0.1) is 5.92 Å². The van der Waals surface area contributed by atoms with Gasteiger partial charge in [0, 0.05) is 25.3 Å². The maximum atomic E-state index is 12.9. The zero-order chi connectivity index (χ0) is 18.6. The predicted octanol–water partition coefficient (Wildman–Crippen LogP) is 2.99. The maximum Gasteiger partial charge on any atom is 0.260 e. The smallest absolute Gasteiger partial charge is 0.260 e. The van der Waals surface area contributed by atoms with Crippen molar-refractivity contribution in [2.45, 2.75) is 51.0 Å². The van der Waals surface area contributed by atoms with Crippen LogP contribution in [0.1, 0.15) is 45.4 Å². The van der Waals surface area contributed by atoms with E-state index in [-0.39, 0.29) is 18.5 Å². The number of ether oxygens (including phenoxy) is 1. The van der Waals surface area contributed by atoms with Crippen LogP contribution in [0.25, 0.3) is 0 Å². The summed E-state index contributed by atoms with van der Waals surface area (Å²) in [5.74, 6) is 1.48. The van der Waals surface area contributed by atoms with Crippen LogP contribution >= 0.6 is 0 Å². The summed E-state index contributed by atoms with van der Waals surface area (Å²) in [5, 5.41) is 3.27. The molecule has 1 atom stereocenters. The lowest BCUT2D eigenvalue weighted by atomic mass is 9.79. The molecule has 0 aromatic heterocycles. The highest BCUT2D eigenvalue weighted by atomic mass is 16.5. The Kier molecular flexibility index (Phi) is 5.69.